The molecule has 0 radical (unpaired) electrons. The van der Waals surface area contributed by atoms with Gasteiger partial charge < -0.3 is 19.6 Å². The number of likely N-dealkylation sites (tertiary alicyclic amines) is 1. The third kappa shape index (κ3) is 5.68. The molecule has 186 valence electrons. The van der Waals surface area contributed by atoms with Crippen molar-refractivity contribution in [3.8, 4) is 5.75 Å². The number of ether oxygens (including phenoxy) is 1. The van der Waals surface area contributed by atoms with Crippen LogP contribution in [0.1, 0.15) is 44.4 Å². The fourth-order valence-electron chi connectivity index (χ4n) is 4.33. The number of benzene rings is 2. The number of rotatable bonds is 11. The summed E-state index contributed by atoms with van der Waals surface area (Å²) in [5.41, 5.74) is 0.470. The van der Waals surface area contributed by atoms with Gasteiger partial charge in [0.2, 0.25) is 0 Å². The molecule has 35 heavy (non-hydrogen) atoms. The quantitative estimate of drug-likeness (QED) is 0.169. The molecule has 3 rings (SSSR count). The van der Waals surface area contributed by atoms with Crippen LogP contribution in [0.2, 0.25) is 0 Å². The molecule has 1 N–H and O–H groups in total. The molecule has 2 aromatic carbocycles. The van der Waals surface area contributed by atoms with Gasteiger partial charge in [-0.05, 0) is 50.7 Å². The van der Waals surface area contributed by atoms with Gasteiger partial charge >= 0.3 is 0 Å². The minimum atomic E-state index is -0.942. The number of amides is 1. The van der Waals surface area contributed by atoms with E-state index in [2.05, 4.69) is 18.7 Å². The summed E-state index contributed by atoms with van der Waals surface area (Å²) >= 11 is 0. The lowest BCUT2D eigenvalue weighted by atomic mass is 9.95. The van der Waals surface area contributed by atoms with E-state index in [9.17, 15) is 24.8 Å². The molecule has 1 heterocycles. The Balaban J connectivity index is 2.08. The SMILES string of the molecule is CCOc1cccc(C(O)=C2C(=O)C(=O)N(CCCN(CC)CC)C2c2cccc([N+](=O)[O-])c2)c1. The highest BCUT2D eigenvalue weighted by atomic mass is 16.6. The van der Waals surface area contributed by atoms with Crippen LogP contribution in [0.5, 0.6) is 5.75 Å². The Morgan fingerprint density at radius 3 is 2.49 bits per heavy atom. The van der Waals surface area contributed by atoms with E-state index < -0.39 is 22.7 Å². The topological polar surface area (TPSA) is 113 Å². The third-order valence-corrected chi connectivity index (χ3v) is 6.12. The number of carbonyl (C=O) groups is 2. The molecular weight excluding hydrogens is 450 g/mol. The number of hydrogen-bond donors (Lipinski definition) is 1. The number of carbonyl (C=O) groups excluding carboxylic acids is 2. The van der Waals surface area contributed by atoms with Gasteiger partial charge in [0.1, 0.15) is 11.5 Å². The highest BCUT2D eigenvalue weighted by Gasteiger charge is 2.46. The minimum Gasteiger partial charge on any atom is -0.507 e. The first-order chi connectivity index (χ1) is 16.8. The van der Waals surface area contributed by atoms with Crippen LogP contribution >= 0.6 is 0 Å². The molecule has 1 unspecified atom stereocenters. The Morgan fingerprint density at radius 1 is 1.11 bits per heavy atom. The Kier molecular flexibility index (Phi) is 8.59. The van der Waals surface area contributed by atoms with Crippen LogP contribution in [-0.4, -0.2) is 64.3 Å². The summed E-state index contributed by atoms with van der Waals surface area (Å²) in [4.78, 5) is 40.8. The number of non-ortho nitro benzene ring substituents is 1. The first-order valence-corrected chi connectivity index (χ1v) is 11.8. The maximum atomic E-state index is 13.2. The van der Waals surface area contributed by atoms with Crippen molar-refractivity contribution in [1.82, 2.24) is 9.80 Å². The Hall–Kier alpha value is -3.72. The Labute approximate surface area is 204 Å². The average molecular weight is 482 g/mol. The Morgan fingerprint density at radius 2 is 1.83 bits per heavy atom. The van der Waals surface area contributed by atoms with Gasteiger partial charge in [0.05, 0.1) is 23.1 Å². The Bertz CT molecular complexity index is 1130. The number of hydrogen-bond acceptors (Lipinski definition) is 7. The molecule has 2 aromatic rings. The highest BCUT2D eigenvalue weighted by molar-refractivity contribution is 6.46. The van der Waals surface area contributed by atoms with E-state index >= 15 is 0 Å². The van der Waals surface area contributed by atoms with Crippen molar-refractivity contribution in [2.45, 2.75) is 33.2 Å². The molecule has 0 aromatic heterocycles. The number of ketones is 1. The lowest BCUT2D eigenvalue weighted by Crippen LogP contribution is -2.33. The van der Waals surface area contributed by atoms with Gasteiger partial charge in [-0.25, -0.2) is 0 Å². The smallest absolute Gasteiger partial charge is 0.295 e. The fraction of sp³-hybridized carbons (Fsp3) is 0.385. The third-order valence-electron chi connectivity index (χ3n) is 6.12. The lowest BCUT2D eigenvalue weighted by molar-refractivity contribution is -0.384. The fourth-order valence-corrected chi connectivity index (χ4v) is 4.33. The van der Waals surface area contributed by atoms with Crippen LogP contribution in [0, 0.1) is 10.1 Å². The summed E-state index contributed by atoms with van der Waals surface area (Å²) in [6, 6.07) is 11.5. The van der Waals surface area contributed by atoms with Gasteiger partial charge in [-0.15, -0.1) is 0 Å². The first-order valence-electron chi connectivity index (χ1n) is 11.8. The molecule has 1 fully saturated rings. The predicted molar refractivity (Wildman–Crippen MR) is 132 cm³/mol. The zero-order valence-corrected chi connectivity index (χ0v) is 20.3. The summed E-state index contributed by atoms with van der Waals surface area (Å²) in [7, 11) is 0. The second kappa shape index (κ2) is 11.6. The summed E-state index contributed by atoms with van der Waals surface area (Å²) < 4.78 is 5.50. The van der Waals surface area contributed by atoms with Crippen molar-refractivity contribution in [2.24, 2.45) is 0 Å². The summed E-state index contributed by atoms with van der Waals surface area (Å²) in [5.74, 6) is -1.38. The molecule has 1 amide bonds. The van der Waals surface area contributed by atoms with Crippen LogP contribution in [0.25, 0.3) is 5.76 Å². The molecule has 0 bridgehead atoms. The molecule has 9 nitrogen and oxygen atoms in total. The normalized spacial score (nSPS) is 17.3. The second-order valence-electron chi connectivity index (χ2n) is 8.19. The number of aliphatic hydroxyl groups is 1. The van der Waals surface area contributed by atoms with Crippen molar-refractivity contribution < 1.29 is 24.4 Å². The van der Waals surface area contributed by atoms with Crippen molar-refractivity contribution in [2.75, 3.05) is 32.8 Å². The van der Waals surface area contributed by atoms with Crippen LogP contribution < -0.4 is 4.74 Å². The van der Waals surface area contributed by atoms with Gasteiger partial charge in [-0.2, -0.15) is 0 Å². The predicted octanol–water partition coefficient (Wildman–Crippen LogP) is 4.15. The van der Waals surface area contributed by atoms with Crippen LogP contribution in [-0.2, 0) is 9.59 Å². The van der Waals surface area contributed by atoms with E-state index in [0.717, 1.165) is 19.6 Å². The minimum absolute atomic E-state index is 0.0908. The van der Waals surface area contributed by atoms with E-state index in [4.69, 9.17) is 4.74 Å². The molecular formula is C26H31N3O6. The maximum Gasteiger partial charge on any atom is 0.295 e. The summed E-state index contributed by atoms with van der Waals surface area (Å²) in [6.45, 7) is 9.08. The van der Waals surface area contributed by atoms with Crippen molar-refractivity contribution in [1.29, 1.82) is 0 Å². The highest BCUT2D eigenvalue weighted by Crippen LogP contribution is 2.40. The molecule has 1 aliphatic heterocycles. The van der Waals surface area contributed by atoms with Gasteiger partial charge in [-0.3, -0.25) is 19.7 Å². The van der Waals surface area contributed by atoms with Gasteiger partial charge in [-0.1, -0.05) is 38.1 Å². The van der Waals surface area contributed by atoms with Crippen molar-refractivity contribution >= 4 is 23.1 Å². The van der Waals surface area contributed by atoms with E-state index in [1.807, 2.05) is 6.92 Å². The average Bonchev–Trinajstić information content (AvgIpc) is 3.11. The van der Waals surface area contributed by atoms with E-state index in [-0.39, 0.29) is 23.6 Å². The molecule has 9 heteroatoms. The lowest BCUT2D eigenvalue weighted by Gasteiger charge is -2.26. The van der Waals surface area contributed by atoms with E-state index in [1.54, 1.807) is 30.3 Å². The monoisotopic (exact) mass is 481 g/mol. The second-order valence-corrected chi connectivity index (χ2v) is 8.19. The summed E-state index contributed by atoms with van der Waals surface area (Å²) in [5, 5.41) is 22.6. The van der Waals surface area contributed by atoms with Crippen molar-refractivity contribution in [3.05, 3.63) is 75.3 Å². The number of Topliss-reactive ketones (excluding diaryl/α,β-unsaturated/α-hetero) is 1. The molecule has 0 aliphatic carbocycles. The van der Waals surface area contributed by atoms with Crippen LogP contribution in [0.4, 0.5) is 5.69 Å². The van der Waals surface area contributed by atoms with Crippen LogP contribution in [0.15, 0.2) is 54.1 Å². The zero-order chi connectivity index (χ0) is 25.5. The standard InChI is InChI=1S/C26H31N3O6/c1-4-27(5-2)14-9-15-28-23(18-10-7-12-20(16-18)29(33)34)22(25(31)26(28)32)24(30)19-11-8-13-21(17-19)35-6-3/h7-8,10-13,16-17,23,30H,4-6,9,14-15H2,1-3H3. The number of nitrogens with zero attached hydrogens (tertiary/aromatic N) is 3. The largest absolute Gasteiger partial charge is 0.507 e. The van der Waals surface area contributed by atoms with E-state index in [0.29, 0.717) is 29.9 Å². The van der Waals surface area contributed by atoms with E-state index in [1.165, 1.54) is 23.1 Å². The zero-order valence-electron chi connectivity index (χ0n) is 20.3. The van der Waals surface area contributed by atoms with Crippen molar-refractivity contribution in [3.63, 3.8) is 0 Å². The molecule has 0 saturated carbocycles. The number of aliphatic hydroxyl groups excluding tert-OH is 1. The number of nitro benzene ring substituents is 1. The van der Waals surface area contributed by atoms with Crippen LogP contribution in [0.3, 0.4) is 0 Å². The van der Waals surface area contributed by atoms with Gasteiger partial charge in [0.15, 0.2) is 0 Å². The number of nitro groups is 1. The van der Waals surface area contributed by atoms with Gasteiger partial charge in [0, 0.05) is 24.2 Å². The maximum absolute atomic E-state index is 13.2. The molecule has 1 aliphatic rings. The summed E-state index contributed by atoms with van der Waals surface area (Å²) in [6.07, 6.45) is 0.611. The first kappa shape index (κ1) is 25.9. The molecule has 0 spiro atoms. The van der Waals surface area contributed by atoms with Gasteiger partial charge in [0.25, 0.3) is 17.4 Å². The molecule has 1 saturated heterocycles. The molecule has 1 atom stereocenters.